The molecule has 274 valence electrons. The minimum absolute atomic E-state index is 0.125. The molecular weight excluding hydrogens is 608 g/mol. The summed E-state index contributed by atoms with van der Waals surface area (Å²) in [7, 11) is 0. The van der Waals surface area contributed by atoms with Crippen molar-refractivity contribution in [3.05, 3.63) is 101 Å². The Hall–Kier alpha value is -2.76. The molecule has 0 saturated heterocycles. The van der Waals surface area contributed by atoms with Gasteiger partial charge in [-0.1, -0.05) is 62.5 Å². The maximum Gasteiger partial charge on any atom is 0.423 e. The molecule has 0 aliphatic rings. The van der Waals surface area contributed by atoms with Crippen LogP contribution in [0.15, 0.2) is 101 Å². The fourth-order valence-electron chi connectivity index (χ4n) is 0.722. The Morgan fingerprint density at radius 2 is 0.533 bits per heavy atom. The molecule has 45 heavy (non-hydrogen) atoms. The van der Waals surface area contributed by atoms with E-state index in [2.05, 4.69) is 57.4 Å². The van der Waals surface area contributed by atoms with Crippen molar-refractivity contribution in [2.45, 2.75) is 106 Å². The van der Waals surface area contributed by atoms with Crippen LogP contribution in [-0.2, 0) is 4.74 Å². The minimum Gasteiger partial charge on any atom is -0.394 e. The molecule has 0 fully saturated rings. The van der Waals surface area contributed by atoms with Crippen LogP contribution < -0.4 is 0 Å². The Balaban J connectivity index is -0.0000000449. The standard InChI is InChI=1S/C8H10F8O.8C3H6.C2H6O2/c1-3-5(9,10)7(13,14)17-8(15,16)6(11,12)4-2;8*1-3-2;3-1-2-4/h3-4H2,1-2H3;8*3H,1H2,2H3;3-4H,1-2H2. The van der Waals surface area contributed by atoms with E-state index < -0.39 is 36.9 Å². The van der Waals surface area contributed by atoms with Gasteiger partial charge in [-0.2, -0.15) is 35.1 Å². The van der Waals surface area contributed by atoms with E-state index in [-0.39, 0.29) is 13.2 Å². The Morgan fingerprint density at radius 3 is 0.600 bits per heavy atom. The van der Waals surface area contributed by atoms with Crippen molar-refractivity contribution < 1.29 is 50.1 Å². The highest BCUT2D eigenvalue weighted by Crippen LogP contribution is 2.46. The van der Waals surface area contributed by atoms with Crippen LogP contribution in [0.3, 0.4) is 0 Å². The Labute approximate surface area is 270 Å². The first kappa shape index (κ1) is 69.1. The van der Waals surface area contributed by atoms with E-state index in [9.17, 15) is 35.1 Å². The van der Waals surface area contributed by atoms with Crippen molar-refractivity contribution in [1.29, 1.82) is 0 Å². The second-order valence-corrected chi connectivity index (χ2v) is 6.96. The van der Waals surface area contributed by atoms with Gasteiger partial charge in [0.1, 0.15) is 0 Å². The van der Waals surface area contributed by atoms with Gasteiger partial charge in [-0.15, -0.1) is 52.6 Å². The minimum atomic E-state index is -5.68. The van der Waals surface area contributed by atoms with Crippen molar-refractivity contribution in [2.24, 2.45) is 0 Å². The van der Waals surface area contributed by atoms with E-state index in [4.69, 9.17) is 10.2 Å². The summed E-state index contributed by atoms with van der Waals surface area (Å²) in [5.41, 5.74) is 0. The first-order valence-electron chi connectivity index (χ1n) is 13.6. The number of rotatable bonds is 7. The third-order valence-electron chi connectivity index (χ3n) is 2.10. The van der Waals surface area contributed by atoms with Gasteiger partial charge in [0.2, 0.25) is 0 Å². The molecule has 0 aromatic rings. The van der Waals surface area contributed by atoms with Crippen LogP contribution in [0.4, 0.5) is 35.1 Å². The van der Waals surface area contributed by atoms with Crippen LogP contribution in [0.1, 0.15) is 82.1 Å². The lowest BCUT2D eigenvalue weighted by Gasteiger charge is -2.32. The summed E-state index contributed by atoms with van der Waals surface area (Å²) < 4.78 is 103. The predicted octanol–water partition coefficient (Wildman–Crippen LogP) is 12.8. The number of halogens is 8. The number of ether oxygens (including phenoxy) is 1. The Morgan fingerprint density at radius 1 is 0.422 bits per heavy atom. The molecule has 2 N–H and O–H groups in total. The molecule has 0 heterocycles. The van der Waals surface area contributed by atoms with Crippen LogP contribution in [0, 0.1) is 0 Å². The molecule has 0 aliphatic carbocycles. The number of aliphatic hydroxyl groups is 2. The highest BCUT2D eigenvalue weighted by Gasteiger charge is 2.67. The van der Waals surface area contributed by atoms with Gasteiger partial charge in [-0.3, -0.25) is 0 Å². The zero-order valence-electron chi connectivity index (χ0n) is 29.4. The summed E-state index contributed by atoms with van der Waals surface area (Å²) in [5, 5.41) is 15.2. The maximum atomic E-state index is 12.6. The fourth-order valence-corrected chi connectivity index (χ4v) is 0.722. The van der Waals surface area contributed by atoms with Crippen LogP contribution >= 0.6 is 0 Å². The summed E-state index contributed by atoms with van der Waals surface area (Å²) in [6, 6.07) is 0. The first-order valence-corrected chi connectivity index (χ1v) is 13.6. The van der Waals surface area contributed by atoms with Gasteiger partial charge in [0.15, 0.2) is 0 Å². The molecule has 0 saturated carbocycles. The molecule has 0 radical (unpaired) electrons. The van der Waals surface area contributed by atoms with Gasteiger partial charge in [-0.25, -0.2) is 4.74 Å². The Bertz CT molecular complexity index is 521. The number of allylic oxidation sites excluding steroid dienone is 8. The molecular formula is C34H64F8O3. The monoisotopic (exact) mass is 672 g/mol. The molecule has 0 atom stereocenters. The lowest BCUT2D eigenvalue weighted by atomic mass is 10.2. The summed E-state index contributed by atoms with van der Waals surface area (Å²) in [6.07, 6.45) is -0.421. The molecule has 0 amide bonds. The molecule has 0 bridgehead atoms. The topological polar surface area (TPSA) is 49.7 Å². The van der Waals surface area contributed by atoms with Crippen LogP contribution in [0.5, 0.6) is 0 Å². The number of aliphatic hydroxyl groups excluding tert-OH is 2. The number of alkyl halides is 8. The van der Waals surface area contributed by atoms with Gasteiger partial charge in [0.05, 0.1) is 13.2 Å². The van der Waals surface area contributed by atoms with Crippen molar-refractivity contribution >= 4 is 0 Å². The lowest BCUT2D eigenvalue weighted by molar-refractivity contribution is -0.467. The van der Waals surface area contributed by atoms with Crippen molar-refractivity contribution in [3.8, 4) is 0 Å². The second-order valence-electron chi connectivity index (χ2n) is 6.96. The van der Waals surface area contributed by atoms with Crippen molar-refractivity contribution in [3.63, 3.8) is 0 Å². The zero-order chi connectivity index (χ0) is 39.2. The summed E-state index contributed by atoms with van der Waals surface area (Å²) in [5.74, 6) is -9.92. The average Bonchev–Trinajstić information content (AvgIpc) is 2.92. The molecule has 11 heteroatoms. The predicted molar refractivity (Wildman–Crippen MR) is 183 cm³/mol. The quantitative estimate of drug-likeness (QED) is 0.209. The SMILES string of the molecule is C=CC.C=CC.C=CC.C=CC.C=CC.C=CC.C=CC.C=CC.CCC(F)(F)C(F)(F)OC(F)(F)C(F)(F)CC.OCCO. The normalized spacial score (nSPS) is 8.71. The van der Waals surface area contributed by atoms with E-state index in [1.807, 2.05) is 55.4 Å². The molecule has 0 rings (SSSR count). The number of hydrogen-bond donors (Lipinski definition) is 2. The summed E-state index contributed by atoms with van der Waals surface area (Å²) >= 11 is 0. The van der Waals surface area contributed by atoms with Crippen LogP contribution in [0.25, 0.3) is 0 Å². The fraction of sp³-hybridized carbons (Fsp3) is 0.529. The third kappa shape index (κ3) is 79.6. The summed E-state index contributed by atoms with van der Waals surface area (Å²) in [6.45, 7) is 42.9. The van der Waals surface area contributed by atoms with Crippen LogP contribution in [0.2, 0.25) is 0 Å². The van der Waals surface area contributed by atoms with Gasteiger partial charge in [0.25, 0.3) is 0 Å². The van der Waals surface area contributed by atoms with Crippen molar-refractivity contribution in [1.82, 2.24) is 0 Å². The largest absolute Gasteiger partial charge is 0.423 e. The molecule has 0 aliphatic heterocycles. The lowest BCUT2D eigenvalue weighted by Crippen LogP contribution is -2.52. The van der Waals surface area contributed by atoms with E-state index in [1.54, 1.807) is 48.6 Å². The molecule has 0 aromatic heterocycles. The first-order chi connectivity index (χ1) is 20.6. The molecule has 0 unspecified atom stereocenters. The molecule has 0 spiro atoms. The number of hydrogen-bond acceptors (Lipinski definition) is 3. The average molecular weight is 673 g/mol. The zero-order valence-corrected chi connectivity index (χ0v) is 29.4. The summed E-state index contributed by atoms with van der Waals surface area (Å²) in [4.78, 5) is 0. The van der Waals surface area contributed by atoms with E-state index in [0.717, 1.165) is 0 Å². The smallest absolute Gasteiger partial charge is 0.394 e. The maximum absolute atomic E-state index is 12.6. The van der Waals surface area contributed by atoms with Gasteiger partial charge in [-0.05, 0) is 55.4 Å². The van der Waals surface area contributed by atoms with Crippen molar-refractivity contribution in [2.75, 3.05) is 13.2 Å². The molecule has 0 aromatic carbocycles. The van der Waals surface area contributed by atoms with Gasteiger partial charge in [0, 0.05) is 12.8 Å². The Kier molecular flexibility index (Phi) is 87.5. The second kappa shape index (κ2) is 57.0. The third-order valence-corrected chi connectivity index (χ3v) is 2.10. The van der Waals surface area contributed by atoms with Crippen LogP contribution in [-0.4, -0.2) is 47.5 Å². The van der Waals surface area contributed by atoms with E-state index >= 15 is 0 Å². The van der Waals surface area contributed by atoms with E-state index in [1.165, 1.54) is 0 Å². The van der Waals surface area contributed by atoms with Gasteiger partial charge >= 0.3 is 24.1 Å². The molecule has 3 nitrogen and oxygen atoms in total. The van der Waals surface area contributed by atoms with E-state index in [0.29, 0.717) is 13.8 Å². The highest BCUT2D eigenvalue weighted by molar-refractivity contribution is 4.82. The van der Waals surface area contributed by atoms with Gasteiger partial charge < -0.3 is 10.2 Å². The highest BCUT2D eigenvalue weighted by atomic mass is 19.3.